The number of carbonyl (C=O) groups is 2. The third-order valence-electron chi connectivity index (χ3n) is 4.85. The van der Waals surface area contributed by atoms with Crippen LogP contribution in [0.5, 0.6) is 0 Å². The molecule has 0 aromatic heterocycles. The van der Waals surface area contributed by atoms with E-state index in [0.717, 1.165) is 18.7 Å². The van der Waals surface area contributed by atoms with Crippen LogP contribution < -0.4 is 0 Å². The lowest BCUT2D eigenvalue weighted by molar-refractivity contribution is -0.147. The minimum atomic E-state index is -4.43. The molecule has 8 heteroatoms. The average Bonchev–Trinajstić information content (AvgIpc) is 2.55. The Morgan fingerprint density at radius 1 is 1.27 bits per heavy atom. The van der Waals surface area contributed by atoms with Gasteiger partial charge in [-0.1, -0.05) is 12.1 Å². The molecule has 5 nitrogen and oxygen atoms in total. The molecule has 144 valence electrons. The van der Waals surface area contributed by atoms with Crippen LogP contribution in [0.1, 0.15) is 30.9 Å². The van der Waals surface area contributed by atoms with E-state index in [4.69, 9.17) is 5.11 Å². The van der Waals surface area contributed by atoms with Gasteiger partial charge in [0.2, 0.25) is 5.91 Å². The van der Waals surface area contributed by atoms with Crippen molar-refractivity contribution in [2.45, 2.75) is 38.5 Å². The molecule has 1 amide bonds. The highest BCUT2D eigenvalue weighted by Crippen LogP contribution is 2.29. The molecule has 0 bridgehead atoms. The maximum Gasteiger partial charge on any atom is 0.416 e. The monoisotopic (exact) mass is 372 g/mol. The number of hydrogen-bond acceptors (Lipinski definition) is 3. The Kier molecular flexibility index (Phi) is 6.28. The Morgan fingerprint density at radius 2 is 1.88 bits per heavy atom. The van der Waals surface area contributed by atoms with Crippen LogP contribution in [0.3, 0.4) is 0 Å². The molecule has 0 unspecified atom stereocenters. The highest BCUT2D eigenvalue weighted by Gasteiger charge is 2.32. The number of carboxylic acids is 1. The minimum absolute atomic E-state index is 0.0238. The number of carbonyl (C=O) groups excluding carboxylic acids is 1. The zero-order valence-electron chi connectivity index (χ0n) is 14.8. The highest BCUT2D eigenvalue weighted by molar-refractivity contribution is 5.83. The quantitative estimate of drug-likeness (QED) is 0.864. The lowest BCUT2D eigenvalue weighted by atomic mass is 9.90. The molecule has 1 aliphatic rings. The first-order valence-electron chi connectivity index (χ1n) is 8.45. The van der Waals surface area contributed by atoms with Crippen molar-refractivity contribution in [2.75, 3.05) is 20.1 Å². The molecule has 1 aliphatic heterocycles. The maximum atomic E-state index is 12.8. The number of amides is 1. The van der Waals surface area contributed by atoms with E-state index in [1.165, 1.54) is 17.0 Å². The van der Waals surface area contributed by atoms with Crippen molar-refractivity contribution in [2.24, 2.45) is 5.92 Å². The van der Waals surface area contributed by atoms with E-state index in [1.807, 2.05) is 14.0 Å². The Labute approximate surface area is 150 Å². The van der Waals surface area contributed by atoms with Gasteiger partial charge in [0, 0.05) is 18.5 Å². The van der Waals surface area contributed by atoms with E-state index in [0.29, 0.717) is 18.4 Å². The molecular weight excluding hydrogens is 349 g/mol. The molecule has 2 atom stereocenters. The number of carboxylic acid groups (broad SMARTS) is 1. The first-order valence-corrected chi connectivity index (χ1v) is 8.45. The van der Waals surface area contributed by atoms with Crippen molar-refractivity contribution in [1.82, 2.24) is 9.80 Å². The van der Waals surface area contributed by atoms with Crippen molar-refractivity contribution in [3.63, 3.8) is 0 Å². The molecular formula is C18H23F3N2O3. The predicted molar refractivity (Wildman–Crippen MR) is 89.3 cm³/mol. The molecule has 1 aromatic carbocycles. The number of halogens is 3. The van der Waals surface area contributed by atoms with Gasteiger partial charge in [0.1, 0.15) is 6.54 Å². The number of piperidine rings is 1. The fourth-order valence-corrected chi connectivity index (χ4v) is 3.17. The van der Waals surface area contributed by atoms with Gasteiger partial charge in [0.15, 0.2) is 0 Å². The third kappa shape index (κ3) is 5.20. The molecule has 0 spiro atoms. The Balaban J connectivity index is 2.11. The van der Waals surface area contributed by atoms with Crippen molar-refractivity contribution in [3.8, 4) is 0 Å². The summed E-state index contributed by atoms with van der Waals surface area (Å²) in [6.07, 6.45) is -3.15. The van der Waals surface area contributed by atoms with Gasteiger partial charge in [-0.2, -0.15) is 13.2 Å². The number of rotatable bonds is 5. The van der Waals surface area contributed by atoms with Gasteiger partial charge in [-0.3, -0.25) is 9.59 Å². The average molecular weight is 372 g/mol. The summed E-state index contributed by atoms with van der Waals surface area (Å²) in [6.45, 7) is 2.26. The lowest BCUT2D eigenvalue weighted by Crippen LogP contribution is -2.45. The standard InChI is InChI=1S/C18H23F3N2O3/c1-12-9-14(7-8-22(12)2)17(26)23(11-16(24)25)10-13-3-5-15(6-4-13)18(19,20)21/h3-6,12,14H,7-11H2,1-2H3,(H,24,25)/t12-,14-/m0/s1. The molecule has 1 aromatic rings. The summed E-state index contributed by atoms with van der Waals surface area (Å²) in [7, 11) is 1.97. The van der Waals surface area contributed by atoms with E-state index in [1.54, 1.807) is 0 Å². The van der Waals surface area contributed by atoms with Gasteiger partial charge in [0.05, 0.1) is 5.56 Å². The van der Waals surface area contributed by atoms with Gasteiger partial charge in [-0.25, -0.2) is 0 Å². The summed E-state index contributed by atoms with van der Waals surface area (Å²) in [5.41, 5.74) is -0.310. The van der Waals surface area contributed by atoms with E-state index >= 15 is 0 Å². The Morgan fingerprint density at radius 3 is 2.38 bits per heavy atom. The Hall–Kier alpha value is -2.09. The second-order valence-corrected chi connectivity index (χ2v) is 6.83. The molecule has 0 radical (unpaired) electrons. The van der Waals surface area contributed by atoms with E-state index in [9.17, 15) is 22.8 Å². The molecule has 2 rings (SSSR count). The number of alkyl halides is 3. The molecule has 1 N–H and O–H groups in total. The van der Waals surface area contributed by atoms with Gasteiger partial charge in [-0.15, -0.1) is 0 Å². The fraction of sp³-hybridized carbons (Fsp3) is 0.556. The van der Waals surface area contributed by atoms with Gasteiger partial charge in [-0.05, 0) is 51.1 Å². The second-order valence-electron chi connectivity index (χ2n) is 6.83. The number of benzene rings is 1. The summed E-state index contributed by atoms with van der Waals surface area (Å²) in [5.74, 6) is -1.67. The van der Waals surface area contributed by atoms with Crippen LogP contribution in [0.25, 0.3) is 0 Å². The van der Waals surface area contributed by atoms with E-state index in [-0.39, 0.29) is 24.4 Å². The molecule has 26 heavy (non-hydrogen) atoms. The van der Waals surface area contributed by atoms with Crippen molar-refractivity contribution >= 4 is 11.9 Å². The van der Waals surface area contributed by atoms with Crippen LogP contribution in [0.2, 0.25) is 0 Å². The second kappa shape index (κ2) is 8.07. The van der Waals surface area contributed by atoms with Gasteiger partial charge in [0.25, 0.3) is 0 Å². The molecule has 1 saturated heterocycles. The number of aliphatic carboxylic acids is 1. The van der Waals surface area contributed by atoms with Gasteiger partial charge < -0.3 is 14.9 Å². The van der Waals surface area contributed by atoms with E-state index in [2.05, 4.69) is 4.90 Å². The highest BCUT2D eigenvalue weighted by atomic mass is 19.4. The summed E-state index contributed by atoms with van der Waals surface area (Å²) < 4.78 is 37.9. The number of nitrogens with zero attached hydrogens (tertiary/aromatic N) is 2. The fourth-order valence-electron chi connectivity index (χ4n) is 3.17. The molecule has 1 fully saturated rings. The van der Waals surface area contributed by atoms with Crippen molar-refractivity contribution in [1.29, 1.82) is 0 Å². The van der Waals surface area contributed by atoms with Crippen LogP contribution in [0.15, 0.2) is 24.3 Å². The predicted octanol–water partition coefficient (Wildman–Crippen LogP) is 2.85. The minimum Gasteiger partial charge on any atom is -0.480 e. The zero-order valence-corrected chi connectivity index (χ0v) is 14.8. The summed E-state index contributed by atoms with van der Waals surface area (Å²) in [4.78, 5) is 27.3. The van der Waals surface area contributed by atoms with Crippen LogP contribution in [0.4, 0.5) is 13.2 Å². The lowest BCUT2D eigenvalue weighted by Gasteiger charge is -2.36. The van der Waals surface area contributed by atoms with Crippen molar-refractivity contribution in [3.05, 3.63) is 35.4 Å². The summed E-state index contributed by atoms with van der Waals surface area (Å²) >= 11 is 0. The van der Waals surface area contributed by atoms with Crippen molar-refractivity contribution < 1.29 is 27.9 Å². The first kappa shape index (κ1) is 20.2. The van der Waals surface area contributed by atoms with Crippen LogP contribution in [-0.4, -0.2) is 53.0 Å². The smallest absolute Gasteiger partial charge is 0.416 e. The third-order valence-corrected chi connectivity index (χ3v) is 4.85. The molecule has 0 aliphatic carbocycles. The van der Waals surface area contributed by atoms with Crippen LogP contribution in [-0.2, 0) is 22.3 Å². The van der Waals surface area contributed by atoms with Crippen LogP contribution >= 0.6 is 0 Å². The van der Waals surface area contributed by atoms with Gasteiger partial charge >= 0.3 is 12.1 Å². The topological polar surface area (TPSA) is 60.9 Å². The first-order chi connectivity index (χ1) is 12.1. The molecule has 0 saturated carbocycles. The van der Waals surface area contributed by atoms with Crippen LogP contribution in [0, 0.1) is 5.92 Å². The largest absolute Gasteiger partial charge is 0.480 e. The summed E-state index contributed by atoms with van der Waals surface area (Å²) in [6, 6.07) is 4.66. The zero-order chi connectivity index (χ0) is 19.5. The normalized spacial score (nSPS) is 21.4. The number of hydrogen-bond donors (Lipinski definition) is 1. The Bertz CT molecular complexity index is 646. The summed E-state index contributed by atoms with van der Waals surface area (Å²) in [5, 5.41) is 9.10. The van der Waals surface area contributed by atoms with E-state index < -0.39 is 24.3 Å². The molecule has 1 heterocycles. The maximum absolute atomic E-state index is 12.8. The number of likely N-dealkylation sites (tertiary alicyclic amines) is 1. The SMILES string of the molecule is C[C@H]1C[C@@H](C(=O)N(CC(=O)O)Cc2ccc(C(F)(F)F)cc2)CCN1C.